The van der Waals surface area contributed by atoms with Crippen LogP contribution in [0.2, 0.25) is 0 Å². The summed E-state index contributed by atoms with van der Waals surface area (Å²) in [4.78, 5) is 19.9. The topological polar surface area (TPSA) is 54.9 Å². The highest BCUT2D eigenvalue weighted by molar-refractivity contribution is 6.04. The summed E-state index contributed by atoms with van der Waals surface area (Å²) in [6, 6.07) is 7.54. The third kappa shape index (κ3) is 2.66. The zero-order valence-corrected chi connectivity index (χ0v) is 9.55. The van der Waals surface area contributed by atoms with Crippen LogP contribution in [0.5, 0.6) is 0 Å². The van der Waals surface area contributed by atoms with E-state index in [1.165, 1.54) is 6.20 Å². The summed E-state index contributed by atoms with van der Waals surface area (Å²) in [6.45, 7) is 2.02. The molecule has 0 bridgehead atoms. The zero-order chi connectivity index (χ0) is 12.1. The van der Waals surface area contributed by atoms with Crippen LogP contribution < -0.4 is 5.32 Å². The van der Waals surface area contributed by atoms with Crippen LogP contribution in [-0.4, -0.2) is 15.9 Å². The number of aromatic nitrogens is 2. The molecule has 17 heavy (non-hydrogen) atoms. The summed E-state index contributed by atoms with van der Waals surface area (Å²) in [5.74, 6) is 0.311. The molecule has 0 saturated carbocycles. The Kier molecular flexibility index (Phi) is 3.45. The van der Waals surface area contributed by atoms with Gasteiger partial charge in [0.2, 0.25) is 0 Å². The molecule has 1 aromatic heterocycles. The minimum absolute atomic E-state index is 0.150. The van der Waals surface area contributed by atoms with E-state index < -0.39 is 0 Å². The second-order valence-corrected chi connectivity index (χ2v) is 3.56. The van der Waals surface area contributed by atoms with Crippen molar-refractivity contribution in [3.05, 3.63) is 54.0 Å². The quantitative estimate of drug-likeness (QED) is 0.875. The highest BCUT2D eigenvalue weighted by Crippen LogP contribution is 2.11. The number of amides is 1. The Morgan fingerprint density at radius 1 is 1.29 bits per heavy atom. The van der Waals surface area contributed by atoms with Gasteiger partial charge in [0.1, 0.15) is 0 Å². The summed E-state index contributed by atoms with van der Waals surface area (Å²) < 4.78 is 0. The molecule has 1 heterocycles. The lowest BCUT2D eigenvalue weighted by atomic mass is 10.0. The van der Waals surface area contributed by atoms with Crippen LogP contribution >= 0.6 is 0 Å². The summed E-state index contributed by atoms with van der Waals surface area (Å²) in [7, 11) is 0. The highest BCUT2D eigenvalue weighted by atomic mass is 16.1. The molecule has 2 rings (SSSR count). The molecule has 0 aliphatic heterocycles. The number of rotatable bonds is 3. The van der Waals surface area contributed by atoms with E-state index in [-0.39, 0.29) is 5.91 Å². The molecule has 86 valence electrons. The van der Waals surface area contributed by atoms with Crippen molar-refractivity contribution in [2.45, 2.75) is 13.3 Å². The summed E-state index contributed by atoms with van der Waals surface area (Å²) >= 11 is 0. The molecular weight excluding hydrogens is 214 g/mol. The lowest BCUT2D eigenvalue weighted by Gasteiger charge is -2.07. The first-order chi connectivity index (χ1) is 8.31. The van der Waals surface area contributed by atoms with Crippen molar-refractivity contribution < 1.29 is 4.79 Å². The van der Waals surface area contributed by atoms with E-state index in [1.807, 2.05) is 31.2 Å². The number of benzene rings is 1. The van der Waals surface area contributed by atoms with Gasteiger partial charge in [0.05, 0.1) is 6.20 Å². The Balaban J connectivity index is 2.20. The fourth-order valence-corrected chi connectivity index (χ4v) is 1.60. The number of carbonyl (C=O) groups is 1. The molecule has 1 N–H and O–H groups in total. The number of nitrogens with one attached hydrogen (secondary N) is 1. The maximum Gasteiger partial charge on any atom is 0.257 e. The van der Waals surface area contributed by atoms with Crippen LogP contribution in [0.3, 0.4) is 0 Å². The van der Waals surface area contributed by atoms with Gasteiger partial charge < -0.3 is 5.32 Å². The van der Waals surface area contributed by atoms with Gasteiger partial charge in [-0.15, -0.1) is 0 Å². The molecule has 0 radical (unpaired) electrons. The number of hydrogen-bond acceptors (Lipinski definition) is 3. The number of anilines is 1. The average Bonchev–Trinajstić information content (AvgIpc) is 2.40. The van der Waals surface area contributed by atoms with Crippen molar-refractivity contribution in [2.75, 3.05) is 5.32 Å². The number of aryl methyl sites for hydroxylation is 1. The first-order valence-electron chi connectivity index (χ1n) is 5.46. The van der Waals surface area contributed by atoms with E-state index >= 15 is 0 Å². The van der Waals surface area contributed by atoms with Crippen molar-refractivity contribution in [1.29, 1.82) is 0 Å². The van der Waals surface area contributed by atoms with Gasteiger partial charge in [-0.05, 0) is 18.1 Å². The predicted molar refractivity (Wildman–Crippen MR) is 65.8 cm³/mol. The average molecular weight is 227 g/mol. The first kappa shape index (κ1) is 11.3. The normalized spacial score (nSPS) is 9.94. The Morgan fingerprint density at radius 2 is 2.12 bits per heavy atom. The van der Waals surface area contributed by atoms with Crippen molar-refractivity contribution >= 4 is 11.7 Å². The van der Waals surface area contributed by atoms with Crippen molar-refractivity contribution in [3.8, 4) is 0 Å². The standard InChI is InChI=1S/C13H13N3O/c1-2-10-5-3-4-6-11(10)13(17)16-12-9-14-7-8-15-12/h3-9H,2H2,1H3,(H,15,16,17). The molecule has 1 amide bonds. The lowest BCUT2D eigenvalue weighted by molar-refractivity contribution is 0.102. The van der Waals surface area contributed by atoms with Crippen molar-refractivity contribution in [3.63, 3.8) is 0 Å². The summed E-state index contributed by atoms with van der Waals surface area (Å²) in [6.07, 6.45) is 5.45. The van der Waals surface area contributed by atoms with E-state index in [4.69, 9.17) is 0 Å². The molecule has 4 heteroatoms. The van der Waals surface area contributed by atoms with Crippen molar-refractivity contribution in [1.82, 2.24) is 9.97 Å². The molecule has 0 atom stereocenters. The number of carbonyl (C=O) groups excluding carboxylic acids is 1. The molecule has 0 saturated heterocycles. The Morgan fingerprint density at radius 3 is 2.82 bits per heavy atom. The fourth-order valence-electron chi connectivity index (χ4n) is 1.60. The molecule has 4 nitrogen and oxygen atoms in total. The lowest BCUT2D eigenvalue weighted by Crippen LogP contribution is -2.14. The monoisotopic (exact) mass is 227 g/mol. The van der Waals surface area contributed by atoms with E-state index in [0.717, 1.165) is 12.0 Å². The molecular formula is C13H13N3O. The van der Waals surface area contributed by atoms with E-state index in [0.29, 0.717) is 11.4 Å². The van der Waals surface area contributed by atoms with E-state index in [9.17, 15) is 4.79 Å². The second kappa shape index (κ2) is 5.21. The molecule has 0 aliphatic rings. The third-order valence-electron chi connectivity index (χ3n) is 2.45. The van der Waals surface area contributed by atoms with Gasteiger partial charge >= 0.3 is 0 Å². The van der Waals surface area contributed by atoms with Gasteiger partial charge in [0.15, 0.2) is 5.82 Å². The number of hydrogen-bond donors (Lipinski definition) is 1. The Labute approximate surface area is 99.7 Å². The van der Waals surface area contributed by atoms with Gasteiger partial charge in [-0.3, -0.25) is 9.78 Å². The maximum absolute atomic E-state index is 12.0. The predicted octanol–water partition coefficient (Wildman–Crippen LogP) is 2.29. The number of nitrogens with zero attached hydrogens (tertiary/aromatic N) is 2. The smallest absolute Gasteiger partial charge is 0.257 e. The van der Waals surface area contributed by atoms with Gasteiger partial charge in [0, 0.05) is 18.0 Å². The maximum atomic E-state index is 12.0. The summed E-state index contributed by atoms with van der Waals surface area (Å²) in [5.41, 5.74) is 1.70. The van der Waals surface area contributed by atoms with Gasteiger partial charge in [-0.2, -0.15) is 0 Å². The van der Waals surface area contributed by atoms with Crippen LogP contribution in [0, 0.1) is 0 Å². The van der Waals surface area contributed by atoms with E-state index in [1.54, 1.807) is 12.4 Å². The fraction of sp³-hybridized carbons (Fsp3) is 0.154. The van der Waals surface area contributed by atoms with Crippen LogP contribution in [0.1, 0.15) is 22.8 Å². The van der Waals surface area contributed by atoms with Crippen molar-refractivity contribution in [2.24, 2.45) is 0 Å². The van der Waals surface area contributed by atoms with Crippen LogP contribution in [0.15, 0.2) is 42.9 Å². The molecule has 2 aromatic rings. The Bertz CT molecular complexity index is 511. The van der Waals surface area contributed by atoms with Gasteiger partial charge in [-0.1, -0.05) is 25.1 Å². The zero-order valence-electron chi connectivity index (χ0n) is 9.55. The Hall–Kier alpha value is -2.23. The van der Waals surface area contributed by atoms with Gasteiger partial charge in [-0.25, -0.2) is 4.98 Å². The third-order valence-corrected chi connectivity index (χ3v) is 2.45. The van der Waals surface area contributed by atoms with E-state index in [2.05, 4.69) is 15.3 Å². The van der Waals surface area contributed by atoms with Gasteiger partial charge in [0.25, 0.3) is 5.91 Å². The largest absolute Gasteiger partial charge is 0.305 e. The first-order valence-corrected chi connectivity index (χ1v) is 5.46. The van der Waals surface area contributed by atoms with Crippen LogP contribution in [0.25, 0.3) is 0 Å². The van der Waals surface area contributed by atoms with Crippen LogP contribution in [-0.2, 0) is 6.42 Å². The second-order valence-electron chi connectivity index (χ2n) is 3.56. The minimum Gasteiger partial charge on any atom is -0.305 e. The molecule has 0 unspecified atom stereocenters. The molecule has 1 aromatic carbocycles. The summed E-state index contributed by atoms with van der Waals surface area (Å²) in [5, 5.41) is 2.72. The molecule has 0 fully saturated rings. The van der Waals surface area contributed by atoms with Crippen LogP contribution in [0.4, 0.5) is 5.82 Å². The minimum atomic E-state index is -0.150. The molecule has 0 spiro atoms. The highest BCUT2D eigenvalue weighted by Gasteiger charge is 2.10. The molecule has 0 aliphatic carbocycles. The SMILES string of the molecule is CCc1ccccc1C(=O)Nc1cnccn1.